The summed E-state index contributed by atoms with van der Waals surface area (Å²) in [7, 11) is 0. The van der Waals surface area contributed by atoms with Gasteiger partial charge in [0.2, 0.25) is 0 Å². The quantitative estimate of drug-likeness (QED) is 0.708. The number of rotatable bonds is 6. The van der Waals surface area contributed by atoms with Crippen molar-refractivity contribution in [3.63, 3.8) is 0 Å². The number of para-hydroxylation sites is 1. The van der Waals surface area contributed by atoms with E-state index in [1.165, 1.54) is 0 Å². The molecular formula is C23H21NO4. The van der Waals surface area contributed by atoms with Crippen LogP contribution in [0.4, 0.5) is 0 Å². The fourth-order valence-electron chi connectivity index (χ4n) is 2.91. The number of fused-ring (bicyclic) bond motifs is 1. The minimum Gasteiger partial charge on any atom is -0.489 e. The summed E-state index contributed by atoms with van der Waals surface area (Å²) in [5.41, 5.74) is 2.65. The molecule has 0 saturated heterocycles. The van der Waals surface area contributed by atoms with E-state index < -0.39 is 0 Å². The molecule has 0 saturated carbocycles. The molecule has 4 rings (SSSR count). The van der Waals surface area contributed by atoms with Gasteiger partial charge in [-0.15, -0.1) is 0 Å². The Kier molecular flexibility index (Phi) is 5.43. The first-order valence-electron chi connectivity index (χ1n) is 9.21. The normalized spacial score (nSPS) is 12.3. The van der Waals surface area contributed by atoms with Crippen LogP contribution in [0.25, 0.3) is 0 Å². The van der Waals surface area contributed by atoms with Gasteiger partial charge in [0.15, 0.2) is 11.5 Å². The Bertz CT molecular complexity index is 939. The van der Waals surface area contributed by atoms with Crippen LogP contribution in [0, 0.1) is 0 Å². The summed E-state index contributed by atoms with van der Waals surface area (Å²) in [5, 5.41) is 2.93. The monoisotopic (exact) mass is 375 g/mol. The molecule has 28 heavy (non-hydrogen) atoms. The molecule has 0 spiro atoms. The molecule has 1 aliphatic heterocycles. The lowest BCUT2D eigenvalue weighted by molar-refractivity contribution is 0.0949. The molecule has 1 aliphatic rings. The minimum absolute atomic E-state index is 0.145. The van der Waals surface area contributed by atoms with E-state index in [0.717, 1.165) is 16.9 Å². The second-order valence-electron chi connectivity index (χ2n) is 6.46. The van der Waals surface area contributed by atoms with Crippen LogP contribution < -0.4 is 19.5 Å². The number of carbonyl (C=O) groups excluding carboxylic acids is 1. The smallest absolute Gasteiger partial charge is 0.251 e. The predicted molar refractivity (Wildman–Crippen MR) is 106 cm³/mol. The van der Waals surface area contributed by atoms with E-state index in [9.17, 15) is 4.79 Å². The maximum atomic E-state index is 12.4. The summed E-state index contributed by atoms with van der Waals surface area (Å²) in [6, 6.07) is 23.0. The summed E-state index contributed by atoms with van der Waals surface area (Å²) < 4.78 is 16.7. The van der Waals surface area contributed by atoms with Crippen molar-refractivity contribution in [2.45, 2.75) is 13.2 Å². The minimum atomic E-state index is -0.145. The molecule has 5 nitrogen and oxygen atoms in total. The number of hydrogen-bond donors (Lipinski definition) is 1. The van der Waals surface area contributed by atoms with Gasteiger partial charge in [0, 0.05) is 12.1 Å². The van der Waals surface area contributed by atoms with Crippen molar-refractivity contribution >= 4 is 5.91 Å². The van der Waals surface area contributed by atoms with Crippen molar-refractivity contribution in [3.8, 4) is 17.2 Å². The highest BCUT2D eigenvalue weighted by molar-refractivity contribution is 5.94. The Balaban J connectivity index is 1.30. The van der Waals surface area contributed by atoms with Crippen molar-refractivity contribution in [1.29, 1.82) is 0 Å². The molecule has 1 amide bonds. The third-order valence-corrected chi connectivity index (χ3v) is 4.43. The van der Waals surface area contributed by atoms with E-state index in [1.54, 1.807) is 18.2 Å². The number of carbonyl (C=O) groups is 1. The number of hydrogen-bond acceptors (Lipinski definition) is 4. The Morgan fingerprint density at radius 1 is 0.857 bits per heavy atom. The largest absolute Gasteiger partial charge is 0.489 e. The third-order valence-electron chi connectivity index (χ3n) is 4.43. The number of nitrogens with one attached hydrogen (secondary N) is 1. The molecule has 1 heterocycles. The highest BCUT2D eigenvalue weighted by Crippen LogP contribution is 2.30. The van der Waals surface area contributed by atoms with Crippen LogP contribution in [0.1, 0.15) is 21.5 Å². The van der Waals surface area contributed by atoms with E-state index in [-0.39, 0.29) is 5.91 Å². The highest BCUT2D eigenvalue weighted by Gasteiger charge is 2.14. The molecule has 5 heteroatoms. The van der Waals surface area contributed by atoms with Crippen molar-refractivity contribution in [2.24, 2.45) is 0 Å². The van der Waals surface area contributed by atoms with Gasteiger partial charge in [-0.3, -0.25) is 4.79 Å². The van der Waals surface area contributed by atoms with E-state index in [0.29, 0.717) is 43.4 Å². The van der Waals surface area contributed by atoms with Gasteiger partial charge < -0.3 is 19.5 Å². The van der Waals surface area contributed by atoms with Crippen LogP contribution >= 0.6 is 0 Å². The van der Waals surface area contributed by atoms with Crippen molar-refractivity contribution in [3.05, 3.63) is 89.5 Å². The summed E-state index contributed by atoms with van der Waals surface area (Å²) >= 11 is 0. The zero-order valence-electron chi connectivity index (χ0n) is 15.4. The van der Waals surface area contributed by atoms with Crippen molar-refractivity contribution in [1.82, 2.24) is 5.32 Å². The topological polar surface area (TPSA) is 56.8 Å². The Morgan fingerprint density at radius 2 is 1.57 bits per heavy atom. The molecule has 0 unspecified atom stereocenters. The summed E-state index contributed by atoms with van der Waals surface area (Å²) in [6.07, 6.45) is 0. The molecule has 3 aromatic rings. The molecule has 0 aliphatic carbocycles. The molecule has 0 radical (unpaired) electrons. The van der Waals surface area contributed by atoms with Gasteiger partial charge in [0.05, 0.1) is 0 Å². The van der Waals surface area contributed by atoms with Gasteiger partial charge >= 0.3 is 0 Å². The van der Waals surface area contributed by atoms with Gasteiger partial charge in [-0.2, -0.15) is 0 Å². The standard InChI is InChI=1S/C23H21NO4/c25-23(19-10-11-21-22(14-19)27-13-12-26-21)24-15-17-6-8-18(9-7-17)16-28-20-4-2-1-3-5-20/h1-11,14H,12-13,15-16H2,(H,24,25). The fourth-order valence-corrected chi connectivity index (χ4v) is 2.91. The van der Waals surface area contributed by atoms with Crippen LogP contribution in [0.5, 0.6) is 17.2 Å². The first kappa shape index (κ1) is 17.9. The van der Waals surface area contributed by atoms with Crippen molar-refractivity contribution in [2.75, 3.05) is 13.2 Å². The molecular weight excluding hydrogens is 354 g/mol. The van der Waals surface area contributed by atoms with Crippen LogP contribution in [0.3, 0.4) is 0 Å². The zero-order chi connectivity index (χ0) is 19.2. The average Bonchev–Trinajstić information content (AvgIpc) is 2.77. The molecule has 3 aromatic carbocycles. The number of ether oxygens (including phenoxy) is 3. The molecule has 142 valence electrons. The van der Waals surface area contributed by atoms with Gasteiger partial charge in [-0.1, -0.05) is 42.5 Å². The van der Waals surface area contributed by atoms with Gasteiger partial charge in [0.25, 0.3) is 5.91 Å². The maximum absolute atomic E-state index is 12.4. The predicted octanol–water partition coefficient (Wildman–Crippen LogP) is 3.97. The lowest BCUT2D eigenvalue weighted by Crippen LogP contribution is -2.23. The Labute approximate surface area is 163 Å². The highest BCUT2D eigenvalue weighted by atomic mass is 16.6. The average molecular weight is 375 g/mol. The van der Waals surface area contributed by atoms with Crippen LogP contribution in [-0.4, -0.2) is 19.1 Å². The molecule has 1 N–H and O–H groups in total. The van der Waals surface area contributed by atoms with Crippen LogP contribution in [0.15, 0.2) is 72.8 Å². The second kappa shape index (κ2) is 8.48. The van der Waals surface area contributed by atoms with Gasteiger partial charge in [-0.05, 0) is 41.5 Å². The van der Waals surface area contributed by atoms with Gasteiger partial charge in [0.1, 0.15) is 25.6 Å². The first-order chi connectivity index (χ1) is 13.8. The number of benzene rings is 3. The van der Waals surface area contributed by atoms with E-state index in [4.69, 9.17) is 14.2 Å². The summed E-state index contributed by atoms with van der Waals surface area (Å²) in [4.78, 5) is 12.4. The zero-order valence-corrected chi connectivity index (χ0v) is 15.4. The SMILES string of the molecule is O=C(NCc1ccc(COc2ccccc2)cc1)c1ccc2c(c1)OCCO2. The van der Waals surface area contributed by atoms with Crippen molar-refractivity contribution < 1.29 is 19.0 Å². The van der Waals surface area contributed by atoms with Crippen LogP contribution in [0.2, 0.25) is 0 Å². The van der Waals surface area contributed by atoms with E-state index >= 15 is 0 Å². The van der Waals surface area contributed by atoms with Crippen LogP contribution in [-0.2, 0) is 13.2 Å². The first-order valence-corrected chi connectivity index (χ1v) is 9.21. The Hall–Kier alpha value is -3.47. The molecule has 0 atom stereocenters. The molecule has 0 aromatic heterocycles. The second-order valence-corrected chi connectivity index (χ2v) is 6.46. The third kappa shape index (κ3) is 4.43. The molecule has 0 bridgehead atoms. The van der Waals surface area contributed by atoms with E-state index in [2.05, 4.69) is 5.32 Å². The summed E-state index contributed by atoms with van der Waals surface area (Å²) in [5.74, 6) is 1.99. The van der Waals surface area contributed by atoms with E-state index in [1.807, 2.05) is 54.6 Å². The molecule has 0 fully saturated rings. The lowest BCUT2D eigenvalue weighted by atomic mass is 10.1. The lowest BCUT2D eigenvalue weighted by Gasteiger charge is -2.18. The maximum Gasteiger partial charge on any atom is 0.251 e. The Morgan fingerprint density at radius 3 is 2.36 bits per heavy atom. The fraction of sp³-hybridized carbons (Fsp3) is 0.174. The number of amides is 1. The summed E-state index contributed by atoms with van der Waals surface area (Å²) in [6.45, 7) is 1.99. The van der Waals surface area contributed by atoms with Gasteiger partial charge in [-0.25, -0.2) is 0 Å².